The van der Waals surface area contributed by atoms with Crippen molar-refractivity contribution in [2.75, 3.05) is 13.1 Å². The van der Waals surface area contributed by atoms with Crippen molar-refractivity contribution in [1.29, 1.82) is 0 Å². The summed E-state index contributed by atoms with van der Waals surface area (Å²) in [5.41, 5.74) is -0.769. The number of carbonyl (C=O) groups excluding carboxylic acids is 1. The van der Waals surface area contributed by atoms with Crippen molar-refractivity contribution < 1.29 is 14.7 Å². The average Bonchev–Trinajstić information content (AvgIpc) is 2.27. The molecule has 110 valence electrons. The first-order chi connectivity index (χ1) is 8.74. The number of hydrogen-bond donors (Lipinski definition) is 1. The summed E-state index contributed by atoms with van der Waals surface area (Å²) in [7, 11) is 0. The molecule has 1 amide bonds. The molecule has 0 radical (unpaired) electrons. The topological polar surface area (TPSA) is 57.6 Å². The van der Waals surface area contributed by atoms with Gasteiger partial charge in [-0.1, -0.05) is 20.8 Å². The van der Waals surface area contributed by atoms with E-state index >= 15 is 0 Å². The molecule has 1 saturated heterocycles. The second-order valence-corrected chi connectivity index (χ2v) is 6.72. The molecule has 0 spiro atoms. The fourth-order valence-corrected chi connectivity index (χ4v) is 2.94. The molecule has 2 unspecified atom stereocenters. The summed E-state index contributed by atoms with van der Waals surface area (Å²) in [6.45, 7) is 9.21. The first-order valence-electron chi connectivity index (χ1n) is 7.26. The van der Waals surface area contributed by atoms with E-state index in [0.717, 1.165) is 12.8 Å². The molecule has 0 aromatic heterocycles. The molecule has 0 aromatic rings. The van der Waals surface area contributed by atoms with Crippen molar-refractivity contribution in [3.8, 4) is 0 Å². The van der Waals surface area contributed by atoms with Crippen molar-refractivity contribution in [2.24, 2.45) is 17.3 Å². The van der Waals surface area contributed by atoms with E-state index < -0.39 is 11.4 Å². The smallest absolute Gasteiger partial charge is 0.311 e. The number of carboxylic acid groups (broad SMARTS) is 1. The molecule has 19 heavy (non-hydrogen) atoms. The minimum atomic E-state index is -0.791. The van der Waals surface area contributed by atoms with E-state index in [1.807, 2.05) is 0 Å². The number of hydrogen-bond acceptors (Lipinski definition) is 2. The predicted molar refractivity (Wildman–Crippen MR) is 74.8 cm³/mol. The van der Waals surface area contributed by atoms with Gasteiger partial charge in [0.2, 0.25) is 5.91 Å². The number of amides is 1. The van der Waals surface area contributed by atoms with Gasteiger partial charge in [-0.15, -0.1) is 0 Å². The normalized spacial score (nSPS) is 25.4. The number of nitrogens with zero attached hydrogens (tertiary/aromatic N) is 1. The van der Waals surface area contributed by atoms with Gasteiger partial charge in [0, 0.05) is 19.5 Å². The third-order valence-electron chi connectivity index (χ3n) is 3.96. The first-order valence-corrected chi connectivity index (χ1v) is 7.26. The maximum absolute atomic E-state index is 12.2. The lowest BCUT2D eigenvalue weighted by atomic mass is 9.81. The summed E-state index contributed by atoms with van der Waals surface area (Å²) in [6.07, 6.45) is 3.02. The van der Waals surface area contributed by atoms with Crippen molar-refractivity contribution in [3.63, 3.8) is 0 Å². The minimum absolute atomic E-state index is 0.111. The third-order valence-corrected chi connectivity index (χ3v) is 3.96. The van der Waals surface area contributed by atoms with Crippen LogP contribution < -0.4 is 0 Å². The van der Waals surface area contributed by atoms with E-state index in [-0.39, 0.29) is 5.91 Å². The summed E-state index contributed by atoms with van der Waals surface area (Å²) in [6, 6.07) is 0. The zero-order valence-corrected chi connectivity index (χ0v) is 12.6. The standard InChI is InChI=1S/C15H27NO3/c1-11(2)8-12(3)9-13(17)16-7-5-6-15(4,10-16)14(18)19/h11-12H,5-10H2,1-4H3,(H,18,19). The van der Waals surface area contributed by atoms with Crippen LogP contribution in [0.1, 0.15) is 53.4 Å². The van der Waals surface area contributed by atoms with Crippen LogP contribution in [0.3, 0.4) is 0 Å². The lowest BCUT2D eigenvalue weighted by Gasteiger charge is -2.38. The molecule has 0 bridgehead atoms. The van der Waals surface area contributed by atoms with E-state index in [2.05, 4.69) is 20.8 Å². The van der Waals surface area contributed by atoms with Gasteiger partial charge >= 0.3 is 5.97 Å². The molecule has 1 aliphatic heterocycles. The first kappa shape index (κ1) is 16.0. The van der Waals surface area contributed by atoms with Crippen LogP contribution in [0.4, 0.5) is 0 Å². The van der Waals surface area contributed by atoms with E-state index in [1.165, 1.54) is 0 Å². The number of rotatable bonds is 5. The molecular weight excluding hydrogens is 242 g/mol. The van der Waals surface area contributed by atoms with Crippen molar-refractivity contribution in [1.82, 2.24) is 4.90 Å². The van der Waals surface area contributed by atoms with Crippen LogP contribution in [-0.2, 0) is 9.59 Å². The number of piperidine rings is 1. The maximum Gasteiger partial charge on any atom is 0.311 e. The number of likely N-dealkylation sites (tertiary alicyclic amines) is 1. The van der Waals surface area contributed by atoms with Gasteiger partial charge in [-0.05, 0) is 38.0 Å². The van der Waals surface area contributed by atoms with E-state index in [9.17, 15) is 14.7 Å². The predicted octanol–water partition coefficient (Wildman–Crippen LogP) is 2.77. The van der Waals surface area contributed by atoms with Gasteiger partial charge in [0.25, 0.3) is 0 Å². The van der Waals surface area contributed by atoms with Gasteiger partial charge in [-0.25, -0.2) is 0 Å². The Balaban J connectivity index is 2.55. The fourth-order valence-electron chi connectivity index (χ4n) is 2.94. The molecule has 2 atom stereocenters. The molecule has 4 nitrogen and oxygen atoms in total. The molecule has 0 aromatic carbocycles. The molecule has 1 heterocycles. The van der Waals surface area contributed by atoms with Gasteiger partial charge in [-0.3, -0.25) is 9.59 Å². The Morgan fingerprint density at radius 3 is 2.47 bits per heavy atom. The van der Waals surface area contributed by atoms with Gasteiger partial charge in [-0.2, -0.15) is 0 Å². The van der Waals surface area contributed by atoms with E-state index in [0.29, 0.717) is 37.8 Å². The highest BCUT2D eigenvalue weighted by Crippen LogP contribution is 2.30. The summed E-state index contributed by atoms with van der Waals surface area (Å²) in [5.74, 6) is 0.277. The highest BCUT2D eigenvalue weighted by atomic mass is 16.4. The quantitative estimate of drug-likeness (QED) is 0.835. The molecule has 1 fully saturated rings. The van der Waals surface area contributed by atoms with Crippen molar-refractivity contribution in [2.45, 2.75) is 53.4 Å². The van der Waals surface area contributed by atoms with Crippen LogP contribution in [0.25, 0.3) is 0 Å². The Kier molecular flexibility index (Phi) is 5.39. The third kappa shape index (κ3) is 4.51. The highest BCUT2D eigenvalue weighted by Gasteiger charge is 2.39. The lowest BCUT2D eigenvalue weighted by Crippen LogP contribution is -2.48. The fraction of sp³-hybridized carbons (Fsp3) is 0.867. The van der Waals surface area contributed by atoms with Crippen LogP contribution >= 0.6 is 0 Å². The van der Waals surface area contributed by atoms with Crippen LogP contribution in [0.15, 0.2) is 0 Å². The molecule has 1 rings (SSSR count). The summed E-state index contributed by atoms with van der Waals surface area (Å²) < 4.78 is 0. The van der Waals surface area contributed by atoms with Crippen LogP contribution in [0.2, 0.25) is 0 Å². The van der Waals surface area contributed by atoms with Crippen molar-refractivity contribution >= 4 is 11.9 Å². The molecule has 1 aliphatic rings. The van der Waals surface area contributed by atoms with Gasteiger partial charge in [0.15, 0.2) is 0 Å². The second-order valence-electron chi connectivity index (χ2n) is 6.72. The Morgan fingerprint density at radius 2 is 1.95 bits per heavy atom. The van der Waals surface area contributed by atoms with Gasteiger partial charge < -0.3 is 10.0 Å². The second kappa shape index (κ2) is 6.40. The largest absolute Gasteiger partial charge is 0.481 e. The number of carboxylic acids is 1. The molecule has 0 aliphatic carbocycles. The molecular formula is C15H27NO3. The van der Waals surface area contributed by atoms with Crippen LogP contribution in [0, 0.1) is 17.3 Å². The van der Waals surface area contributed by atoms with E-state index in [4.69, 9.17) is 0 Å². The highest BCUT2D eigenvalue weighted by molar-refractivity contribution is 5.79. The number of aliphatic carboxylic acids is 1. The minimum Gasteiger partial charge on any atom is -0.481 e. The lowest BCUT2D eigenvalue weighted by molar-refractivity contribution is -0.153. The molecule has 1 N–H and O–H groups in total. The summed E-state index contributed by atoms with van der Waals surface area (Å²) in [4.78, 5) is 25.3. The van der Waals surface area contributed by atoms with Gasteiger partial charge in [0.1, 0.15) is 0 Å². The Hall–Kier alpha value is -1.06. The monoisotopic (exact) mass is 269 g/mol. The Labute approximate surface area is 116 Å². The van der Waals surface area contributed by atoms with Crippen molar-refractivity contribution in [3.05, 3.63) is 0 Å². The van der Waals surface area contributed by atoms with Crippen LogP contribution in [0.5, 0.6) is 0 Å². The Morgan fingerprint density at radius 1 is 1.32 bits per heavy atom. The number of carbonyl (C=O) groups is 2. The molecule has 0 saturated carbocycles. The summed E-state index contributed by atoms with van der Waals surface area (Å²) >= 11 is 0. The SMILES string of the molecule is CC(C)CC(C)CC(=O)N1CCCC(C)(C(=O)O)C1. The summed E-state index contributed by atoms with van der Waals surface area (Å²) in [5, 5.41) is 9.26. The maximum atomic E-state index is 12.2. The molecule has 4 heteroatoms. The average molecular weight is 269 g/mol. The zero-order chi connectivity index (χ0) is 14.6. The van der Waals surface area contributed by atoms with Gasteiger partial charge in [0.05, 0.1) is 5.41 Å². The van der Waals surface area contributed by atoms with E-state index in [1.54, 1.807) is 11.8 Å². The van der Waals surface area contributed by atoms with Crippen LogP contribution in [-0.4, -0.2) is 35.0 Å². The zero-order valence-electron chi connectivity index (χ0n) is 12.6. The Bertz CT molecular complexity index is 340.